The molecule has 0 bridgehead atoms. The number of carbonyl (C=O) groups excluding carboxylic acids is 2. The van der Waals surface area contributed by atoms with E-state index in [4.69, 9.17) is 9.47 Å². The van der Waals surface area contributed by atoms with Gasteiger partial charge in [0.15, 0.2) is 6.61 Å². The van der Waals surface area contributed by atoms with Crippen molar-refractivity contribution in [2.24, 2.45) is 0 Å². The van der Waals surface area contributed by atoms with Crippen LogP contribution in [0.3, 0.4) is 0 Å². The summed E-state index contributed by atoms with van der Waals surface area (Å²) in [5.74, 6) is -0.168. The SMILES string of the molecule is COC(=O)COc1ccc(C(C)(C)C)cc1C1(c2ccccc2)C(=O)Nc2ccccc21. The molecule has 0 fully saturated rings. The highest BCUT2D eigenvalue weighted by molar-refractivity contribution is 6.11. The number of anilines is 1. The smallest absolute Gasteiger partial charge is 0.343 e. The average molecular weight is 430 g/mol. The van der Waals surface area contributed by atoms with Crippen molar-refractivity contribution in [2.75, 3.05) is 19.0 Å². The molecule has 4 rings (SSSR count). The van der Waals surface area contributed by atoms with E-state index in [1.54, 1.807) is 0 Å². The van der Waals surface area contributed by atoms with Gasteiger partial charge in [-0.2, -0.15) is 0 Å². The van der Waals surface area contributed by atoms with E-state index in [1.165, 1.54) is 7.11 Å². The molecule has 5 heteroatoms. The molecule has 5 nitrogen and oxygen atoms in total. The summed E-state index contributed by atoms with van der Waals surface area (Å²) in [6, 6.07) is 23.2. The monoisotopic (exact) mass is 429 g/mol. The molecule has 32 heavy (non-hydrogen) atoms. The van der Waals surface area contributed by atoms with Crippen LogP contribution in [0.1, 0.15) is 43.0 Å². The number of carbonyl (C=O) groups is 2. The highest BCUT2D eigenvalue weighted by atomic mass is 16.6. The Hall–Kier alpha value is -3.60. The largest absolute Gasteiger partial charge is 0.482 e. The van der Waals surface area contributed by atoms with Crippen LogP contribution in [-0.4, -0.2) is 25.6 Å². The molecule has 1 atom stereocenters. The molecule has 0 saturated heterocycles. The lowest BCUT2D eigenvalue weighted by molar-refractivity contribution is -0.142. The van der Waals surface area contributed by atoms with E-state index >= 15 is 0 Å². The number of methoxy groups -OCH3 is 1. The van der Waals surface area contributed by atoms with Gasteiger partial charge in [0.1, 0.15) is 11.2 Å². The summed E-state index contributed by atoms with van der Waals surface area (Å²) < 4.78 is 10.7. The van der Waals surface area contributed by atoms with Gasteiger partial charge < -0.3 is 14.8 Å². The number of amides is 1. The minimum absolute atomic E-state index is 0.151. The lowest BCUT2D eigenvalue weighted by Gasteiger charge is -2.32. The molecule has 3 aromatic carbocycles. The van der Waals surface area contributed by atoms with Crippen molar-refractivity contribution in [1.82, 2.24) is 0 Å². The Labute approximate surface area is 188 Å². The molecule has 0 spiro atoms. The molecule has 1 heterocycles. The Bertz CT molecular complexity index is 1160. The summed E-state index contributed by atoms with van der Waals surface area (Å²) >= 11 is 0. The summed E-state index contributed by atoms with van der Waals surface area (Å²) in [6.45, 7) is 6.13. The molecule has 1 aliphatic heterocycles. The second-order valence-corrected chi connectivity index (χ2v) is 8.94. The van der Waals surface area contributed by atoms with Crippen molar-refractivity contribution >= 4 is 17.6 Å². The van der Waals surface area contributed by atoms with Crippen LogP contribution in [0.2, 0.25) is 0 Å². The Morgan fingerprint density at radius 1 is 0.938 bits per heavy atom. The number of esters is 1. The van der Waals surface area contributed by atoms with Crippen LogP contribution < -0.4 is 10.1 Å². The van der Waals surface area contributed by atoms with E-state index in [0.717, 1.165) is 22.4 Å². The molecule has 0 aromatic heterocycles. The van der Waals surface area contributed by atoms with Gasteiger partial charge in [-0.25, -0.2) is 4.79 Å². The number of benzene rings is 3. The maximum atomic E-state index is 13.8. The van der Waals surface area contributed by atoms with Gasteiger partial charge in [0, 0.05) is 16.8 Å². The van der Waals surface area contributed by atoms with Crippen LogP contribution in [-0.2, 0) is 25.2 Å². The van der Waals surface area contributed by atoms with Gasteiger partial charge >= 0.3 is 5.97 Å². The fraction of sp³-hybridized carbons (Fsp3) is 0.259. The van der Waals surface area contributed by atoms with Crippen molar-refractivity contribution in [3.05, 3.63) is 95.1 Å². The summed E-state index contributed by atoms with van der Waals surface area (Å²) in [6.07, 6.45) is 0. The highest BCUT2D eigenvalue weighted by Gasteiger charge is 2.51. The zero-order chi connectivity index (χ0) is 22.9. The molecule has 0 radical (unpaired) electrons. The molecule has 0 aliphatic carbocycles. The van der Waals surface area contributed by atoms with Crippen LogP contribution in [0.25, 0.3) is 0 Å². The van der Waals surface area contributed by atoms with Crippen LogP contribution in [0, 0.1) is 0 Å². The number of ether oxygens (including phenoxy) is 2. The third-order valence-electron chi connectivity index (χ3n) is 5.95. The number of fused-ring (bicyclic) bond motifs is 1. The summed E-state index contributed by atoms with van der Waals surface area (Å²) in [5, 5.41) is 3.06. The molecule has 1 amide bonds. The van der Waals surface area contributed by atoms with Crippen LogP contribution in [0.5, 0.6) is 5.75 Å². The topological polar surface area (TPSA) is 64.6 Å². The second-order valence-electron chi connectivity index (χ2n) is 8.94. The molecule has 1 unspecified atom stereocenters. The number of rotatable bonds is 5. The van der Waals surface area contributed by atoms with Crippen molar-refractivity contribution in [2.45, 2.75) is 31.6 Å². The van der Waals surface area contributed by atoms with Crippen molar-refractivity contribution in [3.63, 3.8) is 0 Å². The molecule has 1 N–H and O–H groups in total. The Morgan fingerprint density at radius 2 is 1.62 bits per heavy atom. The zero-order valence-corrected chi connectivity index (χ0v) is 18.8. The van der Waals surface area contributed by atoms with Gasteiger partial charge in [0.25, 0.3) is 0 Å². The number of nitrogens with one attached hydrogen (secondary N) is 1. The fourth-order valence-corrected chi connectivity index (χ4v) is 4.27. The van der Waals surface area contributed by atoms with E-state index in [9.17, 15) is 9.59 Å². The van der Waals surface area contributed by atoms with E-state index < -0.39 is 11.4 Å². The molecular formula is C27H27NO4. The molecule has 1 aliphatic rings. The highest BCUT2D eigenvalue weighted by Crippen LogP contribution is 2.51. The van der Waals surface area contributed by atoms with Gasteiger partial charge in [-0.15, -0.1) is 0 Å². The van der Waals surface area contributed by atoms with E-state index in [2.05, 4.69) is 26.1 Å². The summed E-state index contributed by atoms with van der Waals surface area (Å²) in [5.41, 5.74) is 2.93. The van der Waals surface area contributed by atoms with Crippen molar-refractivity contribution in [3.8, 4) is 5.75 Å². The Morgan fingerprint density at radius 3 is 2.31 bits per heavy atom. The molecule has 0 saturated carbocycles. The summed E-state index contributed by atoms with van der Waals surface area (Å²) in [4.78, 5) is 25.6. The van der Waals surface area contributed by atoms with E-state index in [-0.39, 0.29) is 17.9 Å². The minimum atomic E-state index is -1.12. The normalized spacial score (nSPS) is 17.4. The van der Waals surface area contributed by atoms with Crippen molar-refractivity contribution in [1.29, 1.82) is 0 Å². The van der Waals surface area contributed by atoms with Gasteiger partial charge in [-0.1, -0.05) is 75.4 Å². The minimum Gasteiger partial charge on any atom is -0.482 e. The number of para-hydroxylation sites is 1. The first-order valence-corrected chi connectivity index (χ1v) is 10.6. The van der Waals surface area contributed by atoms with Gasteiger partial charge in [0.05, 0.1) is 7.11 Å². The maximum absolute atomic E-state index is 13.8. The van der Waals surface area contributed by atoms with Crippen molar-refractivity contribution < 1.29 is 19.1 Å². The van der Waals surface area contributed by atoms with Gasteiger partial charge in [-0.3, -0.25) is 4.79 Å². The van der Waals surface area contributed by atoms with E-state index in [0.29, 0.717) is 11.3 Å². The standard InChI is InChI=1S/C27H27NO4/c1-26(2,3)19-14-15-23(32-17-24(29)31-4)21(16-19)27(18-10-6-5-7-11-18)20-12-8-9-13-22(20)28-25(27)30/h5-16H,17H2,1-4H3,(H,28,30). The first kappa shape index (κ1) is 21.6. The predicted octanol–water partition coefficient (Wildman–Crippen LogP) is 4.82. The fourth-order valence-electron chi connectivity index (χ4n) is 4.27. The molecular weight excluding hydrogens is 402 g/mol. The van der Waals surface area contributed by atoms with Gasteiger partial charge in [0.2, 0.25) is 5.91 Å². The van der Waals surface area contributed by atoms with Crippen LogP contribution in [0.15, 0.2) is 72.8 Å². The second kappa shape index (κ2) is 8.15. The first-order valence-electron chi connectivity index (χ1n) is 10.6. The Kier molecular flexibility index (Phi) is 5.51. The molecule has 164 valence electrons. The third-order valence-corrected chi connectivity index (χ3v) is 5.95. The third kappa shape index (κ3) is 3.54. The zero-order valence-electron chi connectivity index (χ0n) is 18.8. The lowest BCUT2D eigenvalue weighted by atomic mass is 9.68. The lowest BCUT2D eigenvalue weighted by Crippen LogP contribution is -2.38. The number of hydrogen-bond acceptors (Lipinski definition) is 4. The Balaban J connectivity index is 2.04. The van der Waals surface area contributed by atoms with Crippen LogP contribution in [0.4, 0.5) is 5.69 Å². The first-order chi connectivity index (χ1) is 15.3. The average Bonchev–Trinajstić information content (AvgIpc) is 3.09. The predicted molar refractivity (Wildman–Crippen MR) is 124 cm³/mol. The summed E-state index contributed by atoms with van der Waals surface area (Å²) in [7, 11) is 1.32. The molecule has 3 aromatic rings. The van der Waals surface area contributed by atoms with Crippen LogP contribution >= 0.6 is 0 Å². The maximum Gasteiger partial charge on any atom is 0.343 e. The van der Waals surface area contributed by atoms with Gasteiger partial charge in [-0.05, 0) is 34.7 Å². The van der Waals surface area contributed by atoms with E-state index in [1.807, 2.05) is 72.8 Å². The quantitative estimate of drug-likeness (QED) is 0.591. The number of hydrogen-bond donors (Lipinski definition) is 1.